The molecular weight excluding hydrogens is 438 g/mol. The molecule has 1 aromatic heterocycles. The number of ether oxygens (including phenoxy) is 1. The summed E-state index contributed by atoms with van der Waals surface area (Å²) in [4.78, 5) is 17.7. The molecule has 1 fully saturated rings. The lowest BCUT2D eigenvalue weighted by molar-refractivity contribution is -0.110. The van der Waals surface area contributed by atoms with Crippen molar-refractivity contribution >= 4 is 34.3 Å². The van der Waals surface area contributed by atoms with Crippen LogP contribution in [0.25, 0.3) is 5.57 Å². The lowest BCUT2D eigenvalue weighted by atomic mass is 9.85. The molecule has 0 radical (unpaired) electrons. The number of morpholine rings is 1. The second-order valence-corrected chi connectivity index (χ2v) is 10.5. The van der Waals surface area contributed by atoms with Gasteiger partial charge >= 0.3 is 0 Å². The summed E-state index contributed by atoms with van der Waals surface area (Å²) < 4.78 is 5.51. The summed E-state index contributed by atoms with van der Waals surface area (Å²) in [5.74, 6) is 1.04. The maximum atomic E-state index is 13.9. The highest BCUT2D eigenvalue weighted by Gasteiger charge is 2.33. The quantitative estimate of drug-likeness (QED) is 0.460. The number of allylic oxidation sites excluding steroid dienone is 8. The normalized spacial score (nSPS) is 25.9. The highest BCUT2D eigenvalue weighted by molar-refractivity contribution is 7.10. The van der Waals surface area contributed by atoms with E-state index in [0.29, 0.717) is 22.4 Å². The average Bonchev–Trinajstić information content (AvgIpc) is 3.24. The van der Waals surface area contributed by atoms with Gasteiger partial charge in [-0.05, 0) is 73.6 Å². The number of fused-ring (bicyclic) bond motifs is 1. The fraction of sp³-hybridized carbons (Fsp3) is 0.519. The second-order valence-electron chi connectivity index (χ2n) is 9.15. The molecule has 1 saturated heterocycles. The van der Waals surface area contributed by atoms with Gasteiger partial charge in [0.15, 0.2) is 5.78 Å². The van der Waals surface area contributed by atoms with Gasteiger partial charge in [0, 0.05) is 29.1 Å². The van der Waals surface area contributed by atoms with Gasteiger partial charge in [0.05, 0.1) is 18.2 Å². The number of thiophene rings is 1. The number of Topliss-reactive ketones (excluding diaryl/α,β-unsaturated/α-hetero) is 1. The first-order valence-electron chi connectivity index (χ1n) is 11.9. The molecule has 1 aliphatic heterocycles. The monoisotopic (exact) mass is 471 g/mol. The van der Waals surface area contributed by atoms with Crippen LogP contribution in [0.5, 0.6) is 0 Å². The number of halogens is 1. The highest BCUT2D eigenvalue weighted by atomic mass is 35.5. The maximum Gasteiger partial charge on any atom is 0.195 e. The van der Waals surface area contributed by atoms with Crippen molar-refractivity contribution in [2.75, 3.05) is 32.8 Å². The van der Waals surface area contributed by atoms with Crippen LogP contribution in [0.4, 0.5) is 0 Å². The van der Waals surface area contributed by atoms with E-state index < -0.39 is 0 Å². The standard InChI is InChI=1S/C27H34ClNO2S/c1-4-6-20-7-5-8-23(25(20)28)26(30)24-18(2)17-21(9-11-29-12-14-31-15-13-29)19(3)27-22(24)10-16-32-27/h5-6,8,10,16,19,21H,4,7,9,11-15,17H2,1-3H3. The molecule has 0 aromatic carbocycles. The van der Waals surface area contributed by atoms with E-state index in [4.69, 9.17) is 16.3 Å². The topological polar surface area (TPSA) is 29.5 Å². The van der Waals surface area contributed by atoms with Gasteiger partial charge in [0.1, 0.15) is 0 Å². The predicted octanol–water partition coefficient (Wildman–Crippen LogP) is 6.73. The van der Waals surface area contributed by atoms with Gasteiger partial charge in [0.2, 0.25) is 0 Å². The first-order chi connectivity index (χ1) is 15.5. The third kappa shape index (κ3) is 4.89. The fourth-order valence-electron chi connectivity index (χ4n) is 5.21. The molecule has 0 amide bonds. The first-order valence-corrected chi connectivity index (χ1v) is 13.1. The smallest absolute Gasteiger partial charge is 0.195 e. The largest absolute Gasteiger partial charge is 0.379 e. The number of nitrogens with zero attached hydrogens (tertiary/aromatic N) is 1. The summed E-state index contributed by atoms with van der Waals surface area (Å²) in [5.41, 5.74) is 4.90. The van der Waals surface area contributed by atoms with Gasteiger partial charge in [-0.15, -0.1) is 11.3 Å². The van der Waals surface area contributed by atoms with Gasteiger partial charge in [-0.2, -0.15) is 0 Å². The molecule has 4 rings (SSSR count). The molecule has 3 aliphatic rings. The Kier molecular flexibility index (Phi) is 7.88. The molecule has 5 heteroatoms. The van der Waals surface area contributed by atoms with Gasteiger partial charge < -0.3 is 4.74 Å². The van der Waals surface area contributed by atoms with Crippen molar-refractivity contribution in [3.63, 3.8) is 0 Å². The van der Waals surface area contributed by atoms with Crippen molar-refractivity contribution in [3.8, 4) is 0 Å². The Labute approximate surface area is 201 Å². The van der Waals surface area contributed by atoms with E-state index in [1.807, 2.05) is 6.08 Å². The Hall–Kier alpha value is -1.46. The average molecular weight is 472 g/mol. The number of hydrogen-bond donors (Lipinski definition) is 0. The molecule has 2 atom stereocenters. The van der Waals surface area contributed by atoms with Crippen molar-refractivity contribution in [2.24, 2.45) is 5.92 Å². The van der Waals surface area contributed by atoms with Crippen LogP contribution in [-0.2, 0) is 9.53 Å². The number of carbonyl (C=O) groups excluding carboxylic acids is 1. The van der Waals surface area contributed by atoms with E-state index in [9.17, 15) is 4.79 Å². The number of rotatable bonds is 6. The second kappa shape index (κ2) is 10.6. The Balaban J connectivity index is 1.64. The van der Waals surface area contributed by atoms with Crippen LogP contribution in [0.1, 0.15) is 62.8 Å². The molecule has 2 unspecified atom stereocenters. The Morgan fingerprint density at radius 1 is 1.34 bits per heavy atom. The van der Waals surface area contributed by atoms with Gasteiger partial charge in [0.25, 0.3) is 0 Å². The minimum Gasteiger partial charge on any atom is -0.379 e. The third-order valence-electron chi connectivity index (χ3n) is 7.06. The molecule has 2 aliphatic carbocycles. The number of hydrogen-bond acceptors (Lipinski definition) is 4. The summed E-state index contributed by atoms with van der Waals surface area (Å²) >= 11 is 8.52. The van der Waals surface area contributed by atoms with Gasteiger partial charge in [-0.3, -0.25) is 9.69 Å². The molecule has 1 aromatic rings. The van der Waals surface area contributed by atoms with Gasteiger partial charge in [-0.1, -0.05) is 49.2 Å². The van der Waals surface area contributed by atoms with Crippen LogP contribution in [0.2, 0.25) is 0 Å². The number of ketones is 1. The van der Waals surface area contributed by atoms with Gasteiger partial charge in [-0.25, -0.2) is 0 Å². The van der Waals surface area contributed by atoms with E-state index in [-0.39, 0.29) is 5.78 Å². The molecule has 3 nitrogen and oxygen atoms in total. The van der Waals surface area contributed by atoms with E-state index in [1.165, 1.54) is 10.5 Å². The fourth-order valence-corrected chi connectivity index (χ4v) is 6.56. The molecular formula is C27H34ClNO2S. The summed E-state index contributed by atoms with van der Waals surface area (Å²) in [6.07, 6.45) is 9.94. The van der Waals surface area contributed by atoms with E-state index in [1.54, 1.807) is 11.3 Å². The first kappa shape index (κ1) is 23.7. The van der Waals surface area contributed by atoms with Crippen molar-refractivity contribution < 1.29 is 9.53 Å². The Morgan fingerprint density at radius 2 is 2.12 bits per heavy atom. The van der Waals surface area contributed by atoms with E-state index >= 15 is 0 Å². The van der Waals surface area contributed by atoms with Crippen molar-refractivity contribution in [1.82, 2.24) is 4.90 Å². The van der Waals surface area contributed by atoms with Crippen LogP contribution in [0.3, 0.4) is 0 Å². The summed E-state index contributed by atoms with van der Waals surface area (Å²) in [5, 5.41) is 2.76. The summed E-state index contributed by atoms with van der Waals surface area (Å²) in [6.45, 7) is 11.4. The zero-order valence-corrected chi connectivity index (χ0v) is 21.0. The molecule has 0 N–H and O–H groups in total. The maximum absolute atomic E-state index is 13.9. The van der Waals surface area contributed by atoms with Crippen LogP contribution < -0.4 is 0 Å². The predicted molar refractivity (Wildman–Crippen MR) is 135 cm³/mol. The number of carbonyl (C=O) groups is 1. The molecule has 0 saturated carbocycles. The van der Waals surface area contributed by atoms with Crippen LogP contribution in [0.15, 0.2) is 51.4 Å². The van der Waals surface area contributed by atoms with Crippen LogP contribution >= 0.6 is 22.9 Å². The van der Waals surface area contributed by atoms with Crippen molar-refractivity contribution in [3.05, 3.63) is 61.9 Å². The molecule has 0 bridgehead atoms. The minimum absolute atomic E-state index is 0.0751. The van der Waals surface area contributed by atoms with Crippen molar-refractivity contribution in [1.29, 1.82) is 0 Å². The van der Waals surface area contributed by atoms with E-state index in [0.717, 1.165) is 75.2 Å². The zero-order valence-electron chi connectivity index (χ0n) is 19.5. The van der Waals surface area contributed by atoms with E-state index in [2.05, 4.69) is 49.3 Å². The SMILES string of the molecule is CCC=C1CC=CC(C(=O)C2=C(C)CC(CCN3CCOCC3)C(C)c3sccc32)=C1Cl. The zero-order chi connectivity index (χ0) is 22.7. The minimum atomic E-state index is 0.0751. The molecule has 0 spiro atoms. The Morgan fingerprint density at radius 3 is 2.88 bits per heavy atom. The lowest BCUT2D eigenvalue weighted by Gasteiger charge is -2.30. The van der Waals surface area contributed by atoms with Crippen LogP contribution in [-0.4, -0.2) is 43.5 Å². The summed E-state index contributed by atoms with van der Waals surface area (Å²) in [6, 6.07) is 2.14. The summed E-state index contributed by atoms with van der Waals surface area (Å²) in [7, 11) is 0. The third-order valence-corrected chi connectivity index (χ3v) is 8.63. The molecule has 172 valence electrons. The van der Waals surface area contributed by atoms with Crippen molar-refractivity contribution in [2.45, 2.75) is 52.4 Å². The highest BCUT2D eigenvalue weighted by Crippen LogP contribution is 2.45. The lowest BCUT2D eigenvalue weighted by Crippen LogP contribution is -2.37. The Bertz CT molecular complexity index is 978. The molecule has 2 heterocycles. The molecule has 32 heavy (non-hydrogen) atoms. The van der Waals surface area contributed by atoms with Crippen LogP contribution in [0, 0.1) is 5.92 Å².